The number of hydrogen-bond acceptors (Lipinski definition) is 1. The van der Waals surface area contributed by atoms with Crippen molar-refractivity contribution in [3.8, 4) is 0 Å². The molecule has 132 valence electrons. The van der Waals surface area contributed by atoms with Crippen LogP contribution in [0.15, 0.2) is 84.9 Å². The fourth-order valence-electron chi connectivity index (χ4n) is 2.97. The summed E-state index contributed by atoms with van der Waals surface area (Å²) in [5.41, 5.74) is 3.33. The first-order valence-electron chi connectivity index (χ1n) is 8.62. The third-order valence-electron chi connectivity index (χ3n) is 4.20. The van der Waals surface area contributed by atoms with Gasteiger partial charge in [-0.15, -0.1) is 0 Å². The van der Waals surface area contributed by atoms with Crippen molar-refractivity contribution >= 4 is 34.3 Å². The Kier molecular flexibility index (Phi) is 6.66. The molecule has 26 heavy (non-hydrogen) atoms. The largest absolute Gasteiger partial charge is 0.338 e. The molecule has 0 atom stereocenters. The highest BCUT2D eigenvalue weighted by molar-refractivity contribution is 14.1. The van der Waals surface area contributed by atoms with Gasteiger partial charge in [0.15, 0.2) is 0 Å². The number of anilines is 1. The quantitative estimate of drug-likeness (QED) is 0.464. The summed E-state index contributed by atoms with van der Waals surface area (Å²) in [5.74, 6) is 0.260. The number of hydrogen-bond donors (Lipinski definition) is 2. The predicted octanol–water partition coefficient (Wildman–Crippen LogP) is 5.63. The van der Waals surface area contributed by atoms with E-state index in [0.717, 1.165) is 15.7 Å². The van der Waals surface area contributed by atoms with Gasteiger partial charge >= 0.3 is 6.03 Å². The maximum atomic E-state index is 12.2. The van der Waals surface area contributed by atoms with E-state index in [9.17, 15) is 4.79 Å². The second-order valence-electron chi connectivity index (χ2n) is 6.05. The fourth-order valence-corrected chi connectivity index (χ4v) is 3.51. The average Bonchev–Trinajstić information content (AvgIpc) is 2.67. The summed E-state index contributed by atoms with van der Waals surface area (Å²) in [6.45, 7) is 0.601. The monoisotopic (exact) mass is 456 g/mol. The molecule has 0 bridgehead atoms. The lowest BCUT2D eigenvalue weighted by molar-refractivity contribution is 0.252. The van der Waals surface area contributed by atoms with Crippen LogP contribution in [0.5, 0.6) is 0 Å². The molecule has 0 aromatic heterocycles. The van der Waals surface area contributed by atoms with Gasteiger partial charge in [-0.2, -0.15) is 0 Å². The van der Waals surface area contributed by atoms with E-state index in [-0.39, 0.29) is 11.9 Å². The summed E-state index contributed by atoms with van der Waals surface area (Å²) < 4.78 is 1.09. The minimum absolute atomic E-state index is 0.174. The molecule has 0 saturated heterocycles. The van der Waals surface area contributed by atoms with Gasteiger partial charge in [-0.3, -0.25) is 0 Å². The Bertz CT molecular complexity index is 798. The molecule has 2 N–H and O–H groups in total. The minimum atomic E-state index is -0.174. The summed E-state index contributed by atoms with van der Waals surface area (Å²) in [4.78, 5) is 12.2. The van der Waals surface area contributed by atoms with Crippen molar-refractivity contribution in [2.24, 2.45) is 0 Å². The second kappa shape index (κ2) is 9.38. The molecule has 3 nitrogen and oxygen atoms in total. The third-order valence-corrected chi connectivity index (χ3v) is 4.88. The zero-order chi connectivity index (χ0) is 18.2. The van der Waals surface area contributed by atoms with Gasteiger partial charge in [0.25, 0.3) is 0 Å². The van der Waals surface area contributed by atoms with Gasteiger partial charge in [0.2, 0.25) is 0 Å². The van der Waals surface area contributed by atoms with Crippen LogP contribution in [0.1, 0.15) is 23.5 Å². The van der Waals surface area contributed by atoms with E-state index in [1.807, 2.05) is 36.4 Å². The fraction of sp³-hybridized carbons (Fsp3) is 0.136. The molecular formula is C22H21IN2O. The molecule has 0 heterocycles. The zero-order valence-corrected chi connectivity index (χ0v) is 16.5. The van der Waals surface area contributed by atoms with Crippen molar-refractivity contribution in [1.29, 1.82) is 0 Å². The Morgan fingerprint density at radius 3 is 2.04 bits per heavy atom. The molecule has 0 aliphatic heterocycles. The molecule has 0 unspecified atom stereocenters. The Balaban J connectivity index is 1.60. The lowest BCUT2D eigenvalue weighted by Crippen LogP contribution is -2.30. The number of carbonyl (C=O) groups is 1. The van der Waals surface area contributed by atoms with Crippen LogP contribution in [0.2, 0.25) is 0 Å². The van der Waals surface area contributed by atoms with Crippen LogP contribution < -0.4 is 10.6 Å². The molecule has 0 saturated carbocycles. The SMILES string of the molecule is O=C(NCCC(c1ccccc1)c1ccccc1)Nc1cccc(I)c1. The van der Waals surface area contributed by atoms with Crippen molar-refractivity contribution < 1.29 is 4.79 Å². The first-order chi connectivity index (χ1) is 12.7. The first-order valence-corrected chi connectivity index (χ1v) is 9.70. The van der Waals surface area contributed by atoms with Gasteiger partial charge in [-0.25, -0.2) is 4.79 Å². The van der Waals surface area contributed by atoms with E-state index in [1.54, 1.807) is 0 Å². The highest BCUT2D eigenvalue weighted by atomic mass is 127. The van der Waals surface area contributed by atoms with E-state index >= 15 is 0 Å². The smallest absolute Gasteiger partial charge is 0.319 e. The molecule has 3 aromatic carbocycles. The molecule has 0 radical (unpaired) electrons. The van der Waals surface area contributed by atoms with Crippen LogP contribution in [0, 0.1) is 3.57 Å². The van der Waals surface area contributed by atoms with Gasteiger partial charge in [0.05, 0.1) is 0 Å². The van der Waals surface area contributed by atoms with Gasteiger partial charge in [0, 0.05) is 21.7 Å². The van der Waals surface area contributed by atoms with E-state index in [1.165, 1.54) is 11.1 Å². The van der Waals surface area contributed by atoms with Crippen molar-refractivity contribution in [1.82, 2.24) is 5.32 Å². The second-order valence-corrected chi connectivity index (χ2v) is 7.30. The van der Waals surface area contributed by atoms with Crippen LogP contribution >= 0.6 is 22.6 Å². The third kappa shape index (κ3) is 5.33. The normalized spacial score (nSPS) is 10.5. The standard InChI is InChI=1S/C22H21IN2O/c23-19-12-7-13-20(16-19)25-22(26)24-15-14-21(17-8-3-1-4-9-17)18-10-5-2-6-11-18/h1-13,16,21H,14-15H2,(H2,24,25,26). The number of rotatable bonds is 6. The number of urea groups is 1. The predicted molar refractivity (Wildman–Crippen MR) is 116 cm³/mol. The van der Waals surface area contributed by atoms with Crippen LogP contribution in [0.25, 0.3) is 0 Å². The van der Waals surface area contributed by atoms with E-state index < -0.39 is 0 Å². The van der Waals surface area contributed by atoms with Crippen LogP contribution in [-0.2, 0) is 0 Å². The Morgan fingerprint density at radius 2 is 1.46 bits per heavy atom. The van der Waals surface area contributed by atoms with Gasteiger partial charge in [0.1, 0.15) is 0 Å². The number of nitrogens with one attached hydrogen (secondary N) is 2. The van der Waals surface area contributed by atoms with Crippen molar-refractivity contribution in [3.63, 3.8) is 0 Å². The summed E-state index contributed by atoms with van der Waals surface area (Å²) in [7, 11) is 0. The van der Waals surface area contributed by atoms with Crippen molar-refractivity contribution in [3.05, 3.63) is 99.6 Å². The summed E-state index contributed by atoms with van der Waals surface area (Å²) in [6, 6.07) is 28.4. The zero-order valence-electron chi connectivity index (χ0n) is 14.4. The molecule has 2 amide bonds. The molecule has 3 aromatic rings. The molecule has 3 rings (SSSR count). The first kappa shape index (κ1) is 18.5. The highest BCUT2D eigenvalue weighted by Gasteiger charge is 2.14. The summed E-state index contributed by atoms with van der Waals surface area (Å²) in [5, 5.41) is 5.85. The Labute approximate surface area is 168 Å². The highest BCUT2D eigenvalue weighted by Crippen LogP contribution is 2.27. The minimum Gasteiger partial charge on any atom is -0.338 e. The lowest BCUT2D eigenvalue weighted by Gasteiger charge is -2.18. The number of benzene rings is 3. The molecule has 0 fully saturated rings. The molecule has 0 aliphatic rings. The Hall–Kier alpha value is -2.34. The van der Waals surface area contributed by atoms with E-state index in [0.29, 0.717) is 6.54 Å². The van der Waals surface area contributed by atoms with Crippen LogP contribution in [-0.4, -0.2) is 12.6 Å². The van der Waals surface area contributed by atoms with Crippen LogP contribution in [0.4, 0.5) is 10.5 Å². The van der Waals surface area contributed by atoms with Crippen LogP contribution in [0.3, 0.4) is 0 Å². The molecule has 0 aliphatic carbocycles. The summed E-state index contributed by atoms with van der Waals surface area (Å²) in [6.07, 6.45) is 0.841. The lowest BCUT2D eigenvalue weighted by atomic mass is 9.88. The molecular weight excluding hydrogens is 435 g/mol. The molecule has 4 heteroatoms. The van der Waals surface area contributed by atoms with Gasteiger partial charge in [-0.1, -0.05) is 66.7 Å². The number of amides is 2. The van der Waals surface area contributed by atoms with Gasteiger partial charge < -0.3 is 10.6 Å². The molecule has 0 spiro atoms. The van der Waals surface area contributed by atoms with Gasteiger partial charge in [-0.05, 0) is 58.3 Å². The average molecular weight is 456 g/mol. The Morgan fingerprint density at radius 1 is 0.846 bits per heavy atom. The van der Waals surface area contributed by atoms with Crippen molar-refractivity contribution in [2.45, 2.75) is 12.3 Å². The van der Waals surface area contributed by atoms with Crippen molar-refractivity contribution in [2.75, 3.05) is 11.9 Å². The van der Waals surface area contributed by atoms with E-state index in [2.05, 4.69) is 81.8 Å². The maximum Gasteiger partial charge on any atom is 0.319 e. The number of halogens is 1. The maximum absolute atomic E-state index is 12.2. The number of carbonyl (C=O) groups excluding carboxylic acids is 1. The summed E-state index contributed by atoms with van der Waals surface area (Å²) >= 11 is 2.23. The topological polar surface area (TPSA) is 41.1 Å². The van der Waals surface area contributed by atoms with E-state index in [4.69, 9.17) is 0 Å².